The van der Waals surface area contributed by atoms with Crippen LogP contribution < -0.4 is 9.64 Å². The average Bonchev–Trinajstić information content (AvgIpc) is 2.87. The van der Waals surface area contributed by atoms with E-state index < -0.39 is 29.3 Å². The van der Waals surface area contributed by atoms with Gasteiger partial charge in [0, 0.05) is 48.6 Å². The third-order valence-electron chi connectivity index (χ3n) is 7.27. The van der Waals surface area contributed by atoms with Crippen LogP contribution in [0.4, 0.5) is 14.5 Å². The second kappa shape index (κ2) is 12.1. The number of hydrogen-bond donors (Lipinski definition) is 1. The lowest BCUT2D eigenvalue weighted by Crippen LogP contribution is -2.39. The van der Waals surface area contributed by atoms with Crippen LogP contribution in [0.3, 0.4) is 0 Å². The highest BCUT2D eigenvalue weighted by atomic mass is 19.1. The predicted molar refractivity (Wildman–Crippen MR) is 154 cm³/mol. The van der Waals surface area contributed by atoms with Crippen molar-refractivity contribution in [1.82, 2.24) is 9.97 Å². The third-order valence-corrected chi connectivity index (χ3v) is 7.27. The summed E-state index contributed by atoms with van der Waals surface area (Å²) < 4.78 is 38.8. The Bertz CT molecular complexity index is 1360. The number of carboxylic acid groups (broad SMARTS) is 1. The smallest absolute Gasteiger partial charge is 0.337 e. The fourth-order valence-electron chi connectivity index (χ4n) is 5.04. The number of benzene rings is 1. The molecule has 0 saturated carbocycles. The Morgan fingerprint density at radius 3 is 2.29 bits per heavy atom. The topological polar surface area (TPSA) is 84.8 Å². The molecule has 220 valence electrons. The normalized spacial score (nSPS) is 16.0. The largest absolute Gasteiger partial charge is 0.492 e. The van der Waals surface area contributed by atoms with E-state index in [0.717, 1.165) is 43.2 Å². The number of pyridine rings is 2. The summed E-state index contributed by atoms with van der Waals surface area (Å²) in [5.74, 6) is -1.81. The van der Waals surface area contributed by atoms with Crippen molar-refractivity contribution in [3.8, 4) is 17.0 Å². The Hall–Kier alpha value is -3.59. The Balaban J connectivity index is 1.66. The number of nitrogens with zero attached hydrogens (tertiary/aromatic N) is 3. The van der Waals surface area contributed by atoms with Crippen LogP contribution in [0.25, 0.3) is 11.3 Å². The van der Waals surface area contributed by atoms with Crippen LogP contribution in [0.1, 0.15) is 70.4 Å². The number of aryl methyl sites for hydroxylation is 1. The minimum atomic E-state index is -1.21. The number of rotatable bonds is 9. The number of halogens is 2. The molecule has 1 aliphatic rings. The molecule has 41 heavy (non-hydrogen) atoms. The van der Waals surface area contributed by atoms with Crippen LogP contribution in [-0.4, -0.2) is 46.3 Å². The van der Waals surface area contributed by atoms with E-state index >= 15 is 0 Å². The summed E-state index contributed by atoms with van der Waals surface area (Å²) in [6.07, 6.45) is 4.38. The van der Waals surface area contributed by atoms with Crippen LogP contribution >= 0.6 is 0 Å². The fraction of sp³-hybridized carbons (Fsp3) is 0.469. The number of piperidine rings is 1. The molecule has 1 aliphatic heterocycles. The van der Waals surface area contributed by atoms with Crippen LogP contribution in [0.5, 0.6) is 5.75 Å². The summed E-state index contributed by atoms with van der Waals surface area (Å²) >= 11 is 0. The first-order valence-corrected chi connectivity index (χ1v) is 13.9. The lowest BCUT2D eigenvalue weighted by Gasteiger charge is -2.40. The van der Waals surface area contributed by atoms with Crippen molar-refractivity contribution in [2.24, 2.45) is 5.41 Å². The van der Waals surface area contributed by atoms with Crippen LogP contribution in [-0.2, 0) is 16.0 Å². The zero-order valence-corrected chi connectivity index (χ0v) is 24.6. The summed E-state index contributed by atoms with van der Waals surface area (Å²) in [6.45, 7) is 13.6. The molecule has 1 aromatic carbocycles. The van der Waals surface area contributed by atoms with Gasteiger partial charge in [-0.2, -0.15) is 0 Å². The molecule has 0 bridgehead atoms. The molecule has 3 aromatic rings. The molecule has 0 aliphatic carbocycles. The summed E-state index contributed by atoms with van der Waals surface area (Å²) in [5, 5.41) is 10.3. The second-order valence-corrected chi connectivity index (χ2v) is 12.4. The number of anilines is 1. The molecule has 1 fully saturated rings. The number of aliphatic carboxylic acids is 1. The van der Waals surface area contributed by atoms with Crippen molar-refractivity contribution >= 4 is 11.7 Å². The summed E-state index contributed by atoms with van der Waals surface area (Å²) in [5.41, 5.74) is 3.26. The molecule has 3 heterocycles. The first-order valence-electron chi connectivity index (χ1n) is 13.9. The molecular weight excluding hydrogens is 528 g/mol. The van der Waals surface area contributed by atoms with Gasteiger partial charge in [-0.05, 0) is 75.8 Å². The van der Waals surface area contributed by atoms with Crippen molar-refractivity contribution in [3.05, 3.63) is 71.2 Å². The maximum Gasteiger partial charge on any atom is 0.337 e. The highest BCUT2D eigenvalue weighted by molar-refractivity contribution is 5.85. The molecule has 9 heteroatoms. The van der Waals surface area contributed by atoms with E-state index in [1.54, 1.807) is 18.5 Å². The number of ether oxygens (including phenoxy) is 2. The molecule has 4 rings (SSSR count). The Morgan fingerprint density at radius 1 is 1.07 bits per heavy atom. The zero-order valence-electron chi connectivity index (χ0n) is 24.6. The van der Waals surface area contributed by atoms with Gasteiger partial charge >= 0.3 is 5.97 Å². The quantitative estimate of drug-likeness (QED) is 0.300. The van der Waals surface area contributed by atoms with Gasteiger partial charge in [0.15, 0.2) is 6.10 Å². The first-order chi connectivity index (χ1) is 19.2. The summed E-state index contributed by atoms with van der Waals surface area (Å²) in [6, 6.07) is 6.99. The highest BCUT2D eigenvalue weighted by Gasteiger charge is 2.36. The first kappa shape index (κ1) is 30.4. The highest BCUT2D eigenvalue weighted by Crippen LogP contribution is 2.43. The Kier molecular flexibility index (Phi) is 8.97. The van der Waals surface area contributed by atoms with Crippen molar-refractivity contribution < 1.29 is 28.2 Å². The van der Waals surface area contributed by atoms with Gasteiger partial charge < -0.3 is 19.5 Å². The number of carbonyl (C=O) groups is 1. The summed E-state index contributed by atoms with van der Waals surface area (Å²) in [4.78, 5) is 24.0. The Labute approximate surface area is 240 Å². The molecule has 1 saturated heterocycles. The fourth-order valence-corrected chi connectivity index (χ4v) is 5.04. The second-order valence-electron chi connectivity index (χ2n) is 12.4. The van der Waals surface area contributed by atoms with Gasteiger partial charge in [0.2, 0.25) is 0 Å². The van der Waals surface area contributed by atoms with Crippen molar-refractivity contribution in [2.75, 3.05) is 24.6 Å². The molecule has 0 spiro atoms. The number of hydrogen-bond acceptors (Lipinski definition) is 6. The van der Waals surface area contributed by atoms with Gasteiger partial charge in [0.25, 0.3) is 0 Å². The number of carboxylic acids is 1. The standard InChI is InChI=1S/C32H39F2N3O4/c1-20-27(29(30(38)39)41-31(2,3)4)28(37-12-10-32(5,6)11-13-37)25(19-35-20)26-8-7-24(18-36-26)40-14-9-21-15-22(33)17-23(34)16-21/h7-8,15-19,29H,9-14H2,1-6H3,(H,38,39)/t29-/m0/s1. The van der Waals surface area contributed by atoms with E-state index in [1.807, 2.05) is 33.8 Å². The van der Waals surface area contributed by atoms with Gasteiger partial charge in [0.1, 0.15) is 17.4 Å². The molecule has 0 amide bonds. The zero-order chi connectivity index (χ0) is 29.9. The van der Waals surface area contributed by atoms with E-state index in [-0.39, 0.29) is 12.0 Å². The van der Waals surface area contributed by atoms with Gasteiger partial charge in [-0.25, -0.2) is 13.6 Å². The molecule has 1 N–H and O–H groups in total. The monoisotopic (exact) mass is 567 g/mol. The van der Waals surface area contributed by atoms with Crippen LogP contribution in [0.2, 0.25) is 0 Å². The van der Waals surface area contributed by atoms with Gasteiger partial charge in [0.05, 0.1) is 29.8 Å². The van der Waals surface area contributed by atoms with E-state index in [4.69, 9.17) is 9.47 Å². The van der Waals surface area contributed by atoms with E-state index in [2.05, 4.69) is 28.7 Å². The predicted octanol–water partition coefficient (Wildman–Crippen LogP) is 6.92. The maximum atomic E-state index is 13.5. The molecule has 0 radical (unpaired) electrons. The van der Waals surface area contributed by atoms with Crippen LogP contribution in [0.15, 0.2) is 42.7 Å². The lowest BCUT2D eigenvalue weighted by molar-refractivity contribution is -0.160. The van der Waals surface area contributed by atoms with E-state index in [0.29, 0.717) is 34.7 Å². The van der Waals surface area contributed by atoms with E-state index in [9.17, 15) is 18.7 Å². The lowest BCUT2D eigenvalue weighted by atomic mass is 9.82. The maximum absolute atomic E-state index is 13.5. The van der Waals surface area contributed by atoms with Gasteiger partial charge in [-0.3, -0.25) is 9.97 Å². The molecule has 2 aromatic heterocycles. The number of aromatic nitrogens is 2. The van der Waals surface area contributed by atoms with Crippen molar-refractivity contribution in [2.45, 2.75) is 72.5 Å². The average molecular weight is 568 g/mol. The third kappa shape index (κ3) is 7.79. The van der Waals surface area contributed by atoms with E-state index in [1.165, 1.54) is 12.1 Å². The van der Waals surface area contributed by atoms with Crippen molar-refractivity contribution in [1.29, 1.82) is 0 Å². The Morgan fingerprint density at radius 2 is 1.73 bits per heavy atom. The molecule has 1 atom stereocenters. The SMILES string of the molecule is Cc1ncc(-c2ccc(OCCc3cc(F)cc(F)c3)cn2)c(N2CCC(C)(C)CC2)c1[C@H](OC(C)(C)C)C(=O)O. The van der Waals surface area contributed by atoms with Crippen LogP contribution in [0, 0.1) is 24.0 Å². The minimum Gasteiger partial charge on any atom is -0.492 e. The minimum absolute atomic E-state index is 0.196. The molecule has 0 unspecified atom stereocenters. The molecular formula is C32H39F2N3O4. The summed E-state index contributed by atoms with van der Waals surface area (Å²) in [7, 11) is 0. The molecule has 7 nitrogen and oxygen atoms in total. The van der Waals surface area contributed by atoms with Gasteiger partial charge in [-0.15, -0.1) is 0 Å². The van der Waals surface area contributed by atoms with Crippen molar-refractivity contribution in [3.63, 3.8) is 0 Å². The van der Waals surface area contributed by atoms with Gasteiger partial charge in [-0.1, -0.05) is 13.8 Å².